The molecule has 5 nitrogen and oxygen atoms in total. The zero-order valence-electron chi connectivity index (χ0n) is 12.9. The molecule has 0 aliphatic carbocycles. The van der Waals surface area contributed by atoms with Crippen molar-refractivity contribution in [2.24, 2.45) is 0 Å². The smallest absolute Gasteiger partial charge is 0.251 e. The molecule has 0 fully saturated rings. The Bertz CT molecular complexity index is 656. The van der Waals surface area contributed by atoms with E-state index in [9.17, 15) is 9.59 Å². The van der Waals surface area contributed by atoms with Crippen LogP contribution in [0.15, 0.2) is 54.6 Å². The predicted molar refractivity (Wildman–Crippen MR) is 92.1 cm³/mol. The Hall–Kier alpha value is -2.82. The average Bonchev–Trinajstić information content (AvgIpc) is 2.57. The summed E-state index contributed by atoms with van der Waals surface area (Å²) in [5, 5.41) is 5.63. The summed E-state index contributed by atoms with van der Waals surface area (Å²) in [6.07, 6.45) is 1.85. The quantitative estimate of drug-likeness (QED) is 0.543. The molecule has 5 heteroatoms. The normalized spacial score (nSPS) is 10.1. The molecule has 0 radical (unpaired) electrons. The fourth-order valence-electron chi connectivity index (χ4n) is 2.13. The van der Waals surface area contributed by atoms with Gasteiger partial charge in [-0.05, 0) is 37.1 Å². The second-order valence-electron chi connectivity index (χ2n) is 5.21. The zero-order valence-corrected chi connectivity index (χ0v) is 12.9. The summed E-state index contributed by atoms with van der Waals surface area (Å²) in [5.74, 6) is -0.163. The van der Waals surface area contributed by atoms with Crippen molar-refractivity contribution in [3.05, 3.63) is 60.2 Å². The van der Waals surface area contributed by atoms with E-state index in [1.54, 1.807) is 24.3 Å². The molecule has 2 aromatic carbocycles. The Morgan fingerprint density at radius 1 is 0.913 bits per heavy atom. The topological polar surface area (TPSA) is 84.2 Å². The highest BCUT2D eigenvalue weighted by molar-refractivity contribution is 5.94. The maximum Gasteiger partial charge on any atom is 0.251 e. The number of unbranched alkanes of at least 4 members (excludes halogenated alkanes) is 1. The first-order chi connectivity index (χ1) is 11.2. The summed E-state index contributed by atoms with van der Waals surface area (Å²) >= 11 is 0. The van der Waals surface area contributed by atoms with Crippen molar-refractivity contribution >= 4 is 23.2 Å². The third kappa shape index (κ3) is 5.47. The van der Waals surface area contributed by atoms with Gasteiger partial charge in [0.05, 0.1) is 11.4 Å². The Balaban J connectivity index is 1.63. The van der Waals surface area contributed by atoms with Gasteiger partial charge in [0.2, 0.25) is 5.91 Å². The molecule has 0 spiro atoms. The summed E-state index contributed by atoms with van der Waals surface area (Å²) in [5.41, 5.74) is 7.60. The van der Waals surface area contributed by atoms with Gasteiger partial charge in [-0.15, -0.1) is 0 Å². The third-order valence-corrected chi connectivity index (χ3v) is 3.39. The molecule has 0 atom stereocenters. The summed E-state index contributed by atoms with van der Waals surface area (Å²) in [6, 6.07) is 16.2. The summed E-state index contributed by atoms with van der Waals surface area (Å²) in [6.45, 7) is 0.550. The van der Waals surface area contributed by atoms with Crippen molar-refractivity contribution in [1.82, 2.24) is 5.32 Å². The fraction of sp³-hybridized carbons (Fsp3) is 0.222. The van der Waals surface area contributed by atoms with E-state index in [0.29, 0.717) is 36.3 Å². The Morgan fingerprint density at radius 2 is 1.61 bits per heavy atom. The van der Waals surface area contributed by atoms with Gasteiger partial charge in [0.15, 0.2) is 0 Å². The van der Waals surface area contributed by atoms with Crippen LogP contribution < -0.4 is 16.4 Å². The van der Waals surface area contributed by atoms with Crippen LogP contribution in [0.4, 0.5) is 11.4 Å². The second-order valence-corrected chi connectivity index (χ2v) is 5.21. The van der Waals surface area contributed by atoms with Crippen LogP contribution >= 0.6 is 0 Å². The number of nitrogen functional groups attached to an aromatic ring is 1. The molecular formula is C18H21N3O2. The minimum atomic E-state index is -0.0906. The maximum absolute atomic E-state index is 11.8. The number of hydrogen-bond donors (Lipinski definition) is 3. The van der Waals surface area contributed by atoms with Gasteiger partial charge in [-0.1, -0.05) is 30.3 Å². The lowest BCUT2D eigenvalue weighted by Crippen LogP contribution is -2.24. The minimum Gasteiger partial charge on any atom is -0.397 e. The molecule has 0 aliphatic heterocycles. The van der Waals surface area contributed by atoms with Crippen LogP contribution in [0.25, 0.3) is 0 Å². The van der Waals surface area contributed by atoms with Gasteiger partial charge in [0.1, 0.15) is 0 Å². The molecule has 0 aromatic heterocycles. The van der Waals surface area contributed by atoms with Crippen LogP contribution in [-0.4, -0.2) is 18.4 Å². The number of rotatable bonds is 7. The highest BCUT2D eigenvalue weighted by Crippen LogP contribution is 2.17. The van der Waals surface area contributed by atoms with Gasteiger partial charge in [0, 0.05) is 18.5 Å². The monoisotopic (exact) mass is 311 g/mol. The first kappa shape index (κ1) is 16.5. The van der Waals surface area contributed by atoms with Crippen molar-refractivity contribution < 1.29 is 9.59 Å². The first-order valence-corrected chi connectivity index (χ1v) is 7.64. The molecule has 2 rings (SSSR count). The first-order valence-electron chi connectivity index (χ1n) is 7.64. The standard InChI is InChI=1S/C18H21N3O2/c19-15-10-4-5-11-16(15)21-17(22)12-6-7-13-20-18(23)14-8-2-1-3-9-14/h1-5,8-11H,6-7,12-13,19H2,(H,20,23)(H,21,22). The van der Waals surface area contributed by atoms with Crippen molar-refractivity contribution in [3.63, 3.8) is 0 Å². The van der Waals surface area contributed by atoms with E-state index in [4.69, 9.17) is 5.73 Å². The van der Waals surface area contributed by atoms with Crippen LogP contribution in [0.5, 0.6) is 0 Å². The Kier molecular flexibility index (Phi) is 6.17. The number of carbonyl (C=O) groups is 2. The van der Waals surface area contributed by atoms with Crippen LogP contribution in [0, 0.1) is 0 Å². The van der Waals surface area contributed by atoms with E-state index in [1.807, 2.05) is 30.3 Å². The van der Waals surface area contributed by atoms with Crippen LogP contribution in [0.1, 0.15) is 29.6 Å². The molecular weight excluding hydrogens is 290 g/mol. The maximum atomic E-state index is 11.8. The van der Waals surface area contributed by atoms with Crippen LogP contribution in [-0.2, 0) is 4.79 Å². The summed E-state index contributed by atoms with van der Waals surface area (Å²) in [4.78, 5) is 23.6. The molecule has 2 amide bonds. The molecule has 0 saturated carbocycles. The largest absolute Gasteiger partial charge is 0.397 e. The lowest BCUT2D eigenvalue weighted by atomic mass is 10.2. The number of para-hydroxylation sites is 2. The molecule has 2 aromatic rings. The van der Waals surface area contributed by atoms with Gasteiger partial charge in [-0.3, -0.25) is 9.59 Å². The van der Waals surface area contributed by atoms with Gasteiger partial charge >= 0.3 is 0 Å². The molecule has 23 heavy (non-hydrogen) atoms. The molecule has 0 heterocycles. The van der Waals surface area contributed by atoms with Gasteiger partial charge in [-0.2, -0.15) is 0 Å². The summed E-state index contributed by atoms with van der Waals surface area (Å²) < 4.78 is 0. The predicted octanol–water partition coefficient (Wildman–Crippen LogP) is 2.81. The van der Waals surface area contributed by atoms with Crippen molar-refractivity contribution in [2.45, 2.75) is 19.3 Å². The highest BCUT2D eigenvalue weighted by atomic mass is 16.2. The SMILES string of the molecule is Nc1ccccc1NC(=O)CCCCNC(=O)c1ccccc1. The molecule has 0 bridgehead atoms. The average molecular weight is 311 g/mol. The molecule has 4 N–H and O–H groups in total. The second kappa shape index (κ2) is 8.58. The van der Waals surface area contributed by atoms with E-state index in [1.165, 1.54) is 0 Å². The molecule has 0 aliphatic rings. The number of carbonyl (C=O) groups excluding carboxylic acids is 2. The fourth-order valence-corrected chi connectivity index (χ4v) is 2.13. The molecule has 120 valence electrons. The number of nitrogens with one attached hydrogen (secondary N) is 2. The highest BCUT2D eigenvalue weighted by Gasteiger charge is 2.06. The van der Waals surface area contributed by atoms with E-state index < -0.39 is 0 Å². The van der Waals surface area contributed by atoms with E-state index in [-0.39, 0.29) is 11.8 Å². The molecule has 0 saturated heterocycles. The number of hydrogen-bond acceptors (Lipinski definition) is 3. The van der Waals surface area contributed by atoms with Crippen molar-refractivity contribution in [1.29, 1.82) is 0 Å². The zero-order chi connectivity index (χ0) is 16.5. The van der Waals surface area contributed by atoms with E-state index in [0.717, 1.165) is 6.42 Å². The van der Waals surface area contributed by atoms with E-state index in [2.05, 4.69) is 10.6 Å². The summed E-state index contributed by atoms with van der Waals surface area (Å²) in [7, 11) is 0. The van der Waals surface area contributed by atoms with Gasteiger partial charge < -0.3 is 16.4 Å². The van der Waals surface area contributed by atoms with Crippen molar-refractivity contribution in [2.75, 3.05) is 17.6 Å². The van der Waals surface area contributed by atoms with Gasteiger partial charge in [-0.25, -0.2) is 0 Å². The Morgan fingerprint density at radius 3 is 2.35 bits per heavy atom. The van der Waals surface area contributed by atoms with Crippen molar-refractivity contribution in [3.8, 4) is 0 Å². The molecule has 0 unspecified atom stereocenters. The number of benzene rings is 2. The van der Waals surface area contributed by atoms with Gasteiger partial charge in [0.25, 0.3) is 5.91 Å². The number of nitrogens with two attached hydrogens (primary N) is 1. The lowest BCUT2D eigenvalue weighted by molar-refractivity contribution is -0.116. The number of amides is 2. The van der Waals surface area contributed by atoms with Crippen LogP contribution in [0.3, 0.4) is 0 Å². The third-order valence-electron chi connectivity index (χ3n) is 3.39. The Labute approximate surface area is 135 Å². The lowest BCUT2D eigenvalue weighted by Gasteiger charge is -2.08. The van der Waals surface area contributed by atoms with Crippen LogP contribution in [0.2, 0.25) is 0 Å². The van der Waals surface area contributed by atoms with E-state index >= 15 is 0 Å². The minimum absolute atomic E-state index is 0.0720. The number of anilines is 2.